The molecule has 3 aromatic carbocycles. The Morgan fingerprint density at radius 3 is 2.17 bits per heavy atom. The van der Waals surface area contributed by atoms with Gasteiger partial charge in [-0.15, -0.1) is 0 Å². The summed E-state index contributed by atoms with van der Waals surface area (Å²) in [5.74, 6) is -0.0776. The molecule has 4 rings (SSSR count). The van der Waals surface area contributed by atoms with Gasteiger partial charge in [-0.05, 0) is 54.1 Å². The van der Waals surface area contributed by atoms with Crippen LogP contribution in [0.5, 0.6) is 0 Å². The van der Waals surface area contributed by atoms with Crippen molar-refractivity contribution in [3.63, 3.8) is 0 Å². The first-order chi connectivity index (χ1) is 14.2. The van der Waals surface area contributed by atoms with Crippen LogP contribution in [0.1, 0.15) is 10.4 Å². The second-order valence-electron chi connectivity index (χ2n) is 6.33. The molecule has 2 N–H and O–H groups in total. The van der Waals surface area contributed by atoms with E-state index in [-0.39, 0.29) is 11.7 Å². The number of para-hydroxylation sites is 1. The Balaban J connectivity index is 1.41. The Kier molecular flexibility index (Phi) is 5.25. The summed E-state index contributed by atoms with van der Waals surface area (Å²) < 4.78 is 13.3. The molecule has 0 radical (unpaired) electrons. The number of anilines is 3. The van der Waals surface area contributed by atoms with Crippen molar-refractivity contribution in [2.75, 3.05) is 10.6 Å². The molecule has 5 nitrogen and oxygen atoms in total. The van der Waals surface area contributed by atoms with Gasteiger partial charge in [-0.3, -0.25) is 4.79 Å². The average molecular weight is 384 g/mol. The number of benzene rings is 3. The summed E-state index contributed by atoms with van der Waals surface area (Å²) in [6.45, 7) is 0. The molecule has 6 heteroatoms. The number of carbonyl (C=O) groups excluding carboxylic acids is 1. The number of rotatable bonds is 5. The van der Waals surface area contributed by atoms with Crippen molar-refractivity contribution >= 4 is 23.2 Å². The zero-order valence-electron chi connectivity index (χ0n) is 15.3. The third-order valence-corrected chi connectivity index (χ3v) is 4.24. The first-order valence-corrected chi connectivity index (χ1v) is 8.99. The van der Waals surface area contributed by atoms with Gasteiger partial charge in [-0.25, -0.2) is 14.4 Å². The maximum absolute atomic E-state index is 13.3. The Morgan fingerprint density at radius 2 is 1.48 bits per heavy atom. The van der Waals surface area contributed by atoms with E-state index < -0.39 is 0 Å². The van der Waals surface area contributed by atoms with Crippen LogP contribution in [0.25, 0.3) is 11.1 Å². The first kappa shape index (κ1) is 18.3. The number of carbonyl (C=O) groups is 1. The summed E-state index contributed by atoms with van der Waals surface area (Å²) >= 11 is 0. The number of amides is 1. The highest BCUT2D eigenvalue weighted by Crippen LogP contribution is 2.20. The van der Waals surface area contributed by atoms with Gasteiger partial charge in [0, 0.05) is 34.9 Å². The largest absolute Gasteiger partial charge is 0.324 e. The standard InChI is InChI=1S/C23H17FN4O/c24-19-6-4-5-17(13-19)18-14-25-23(26-15-18)28-21-11-9-16(10-12-21)22(29)27-20-7-2-1-3-8-20/h1-15H,(H,27,29)(H,25,26,28). The second kappa shape index (κ2) is 8.31. The van der Waals surface area contributed by atoms with Crippen LogP contribution in [0.3, 0.4) is 0 Å². The Hall–Kier alpha value is -4.06. The van der Waals surface area contributed by atoms with Crippen LogP contribution >= 0.6 is 0 Å². The summed E-state index contributed by atoms with van der Waals surface area (Å²) in [7, 11) is 0. The molecule has 0 spiro atoms. The van der Waals surface area contributed by atoms with E-state index >= 15 is 0 Å². The molecule has 29 heavy (non-hydrogen) atoms. The molecule has 0 aliphatic heterocycles. The molecule has 0 bridgehead atoms. The molecule has 0 saturated heterocycles. The predicted molar refractivity (Wildman–Crippen MR) is 112 cm³/mol. The van der Waals surface area contributed by atoms with Gasteiger partial charge < -0.3 is 10.6 Å². The van der Waals surface area contributed by atoms with Crippen LogP contribution in [0.15, 0.2) is 91.3 Å². The number of hydrogen-bond acceptors (Lipinski definition) is 4. The molecule has 1 aromatic heterocycles. The van der Waals surface area contributed by atoms with E-state index in [9.17, 15) is 9.18 Å². The monoisotopic (exact) mass is 384 g/mol. The normalized spacial score (nSPS) is 10.4. The van der Waals surface area contributed by atoms with Crippen molar-refractivity contribution in [2.45, 2.75) is 0 Å². The van der Waals surface area contributed by atoms with Crippen molar-refractivity contribution in [1.29, 1.82) is 0 Å². The predicted octanol–water partition coefficient (Wildman–Crippen LogP) is 5.28. The highest BCUT2D eigenvalue weighted by molar-refractivity contribution is 6.04. The lowest BCUT2D eigenvalue weighted by Gasteiger charge is -2.08. The minimum Gasteiger partial charge on any atom is -0.324 e. The molecule has 1 heterocycles. The van der Waals surface area contributed by atoms with Gasteiger partial charge in [0.25, 0.3) is 5.91 Å². The quantitative estimate of drug-likeness (QED) is 0.491. The summed E-state index contributed by atoms with van der Waals surface area (Å²) in [5, 5.41) is 5.92. The molecule has 0 saturated carbocycles. The van der Waals surface area contributed by atoms with Gasteiger partial charge in [0.15, 0.2) is 0 Å². The number of halogens is 1. The van der Waals surface area contributed by atoms with Gasteiger partial charge in [0.05, 0.1) is 0 Å². The van der Waals surface area contributed by atoms with E-state index in [0.717, 1.165) is 16.9 Å². The van der Waals surface area contributed by atoms with E-state index in [4.69, 9.17) is 0 Å². The smallest absolute Gasteiger partial charge is 0.255 e. The molecule has 0 aliphatic carbocycles. The summed E-state index contributed by atoms with van der Waals surface area (Å²) in [4.78, 5) is 20.8. The van der Waals surface area contributed by atoms with Crippen molar-refractivity contribution in [3.8, 4) is 11.1 Å². The van der Waals surface area contributed by atoms with Crippen molar-refractivity contribution in [3.05, 3.63) is 103 Å². The van der Waals surface area contributed by atoms with E-state index in [2.05, 4.69) is 20.6 Å². The Bertz CT molecular complexity index is 1110. The van der Waals surface area contributed by atoms with Gasteiger partial charge in [-0.2, -0.15) is 0 Å². The topological polar surface area (TPSA) is 66.9 Å². The van der Waals surface area contributed by atoms with Crippen LogP contribution in [0.2, 0.25) is 0 Å². The minimum absolute atomic E-state index is 0.182. The van der Waals surface area contributed by atoms with E-state index in [0.29, 0.717) is 17.1 Å². The molecular formula is C23H17FN4O. The maximum Gasteiger partial charge on any atom is 0.255 e. The Morgan fingerprint density at radius 1 is 0.759 bits per heavy atom. The summed E-state index contributed by atoms with van der Waals surface area (Å²) in [6, 6.07) is 22.6. The molecule has 0 unspecified atom stereocenters. The van der Waals surface area contributed by atoms with Crippen molar-refractivity contribution in [2.24, 2.45) is 0 Å². The lowest BCUT2D eigenvalue weighted by Crippen LogP contribution is -2.11. The molecule has 0 aliphatic rings. The highest BCUT2D eigenvalue weighted by atomic mass is 19.1. The molecule has 1 amide bonds. The third-order valence-electron chi connectivity index (χ3n) is 4.24. The fourth-order valence-corrected chi connectivity index (χ4v) is 2.77. The van der Waals surface area contributed by atoms with Crippen LogP contribution in [-0.2, 0) is 0 Å². The minimum atomic E-state index is -0.305. The zero-order chi connectivity index (χ0) is 20.1. The Labute approximate surface area is 167 Å². The van der Waals surface area contributed by atoms with Crippen molar-refractivity contribution in [1.82, 2.24) is 9.97 Å². The summed E-state index contributed by atoms with van der Waals surface area (Å²) in [5.41, 5.74) is 3.47. The van der Waals surface area contributed by atoms with Crippen molar-refractivity contribution < 1.29 is 9.18 Å². The second-order valence-corrected chi connectivity index (χ2v) is 6.33. The first-order valence-electron chi connectivity index (χ1n) is 8.99. The van der Waals surface area contributed by atoms with Gasteiger partial charge >= 0.3 is 0 Å². The molecule has 4 aromatic rings. The number of hydrogen-bond donors (Lipinski definition) is 2. The van der Waals surface area contributed by atoms with Gasteiger partial charge in [0.1, 0.15) is 5.82 Å². The van der Waals surface area contributed by atoms with E-state index in [1.807, 2.05) is 30.3 Å². The highest BCUT2D eigenvalue weighted by Gasteiger charge is 2.07. The zero-order valence-corrected chi connectivity index (χ0v) is 15.3. The fourth-order valence-electron chi connectivity index (χ4n) is 2.77. The van der Waals surface area contributed by atoms with Crippen LogP contribution < -0.4 is 10.6 Å². The fraction of sp³-hybridized carbons (Fsp3) is 0. The molecule has 0 fully saturated rings. The lowest BCUT2D eigenvalue weighted by atomic mass is 10.1. The summed E-state index contributed by atoms with van der Waals surface area (Å²) in [6.07, 6.45) is 3.26. The maximum atomic E-state index is 13.3. The average Bonchev–Trinajstić information content (AvgIpc) is 2.75. The van der Waals surface area contributed by atoms with Crippen LogP contribution in [0, 0.1) is 5.82 Å². The van der Waals surface area contributed by atoms with Crippen LogP contribution in [-0.4, -0.2) is 15.9 Å². The molecule has 0 atom stereocenters. The van der Waals surface area contributed by atoms with E-state index in [1.165, 1.54) is 12.1 Å². The SMILES string of the molecule is O=C(Nc1ccccc1)c1ccc(Nc2ncc(-c3cccc(F)c3)cn2)cc1. The lowest BCUT2D eigenvalue weighted by molar-refractivity contribution is 0.102. The van der Waals surface area contributed by atoms with Gasteiger partial charge in [-0.1, -0.05) is 30.3 Å². The molecule has 142 valence electrons. The number of nitrogens with one attached hydrogen (secondary N) is 2. The van der Waals surface area contributed by atoms with Gasteiger partial charge in [0.2, 0.25) is 5.95 Å². The number of aromatic nitrogens is 2. The van der Waals surface area contributed by atoms with Crippen LogP contribution in [0.4, 0.5) is 21.7 Å². The number of nitrogens with zero attached hydrogens (tertiary/aromatic N) is 2. The molecular weight excluding hydrogens is 367 g/mol. The van der Waals surface area contributed by atoms with E-state index in [1.54, 1.807) is 48.8 Å². The third kappa shape index (κ3) is 4.62.